The van der Waals surface area contributed by atoms with Gasteiger partial charge in [0.25, 0.3) is 0 Å². The van der Waals surface area contributed by atoms with E-state index in [1.807, 2.05) is 0 Å². The Morgan fingerprint density at radius 2 is 1.90 bits per heavy atom. The van der Waals surface area contributed by atoms with E-state index in [-0.39, 0.29) is 24.7 Å². The van der Waals surface area contributed by atoms with Crippen molar-refractivity contribution in [2.75, 3.05) is 26.2 Å². The van der Waals surface area contributed by atoms with Crippen LogP contribution in [-0.4, -0.2) is 47.4 Å². The summed E-state index contributed by atoms with van der Waals surface area (Å²) in [6, 6.07) is 8.91. The van der Waals surface area contributed by atoms with Gasteiger partial charge in [0, 0.05) is 19.0 Å². The maximum atomic E-state index is 12.5. The number of nitrogens with two attached hydrogens (primary N) is 1. The smallest absolute Gasteiger partial charge is 0.395 e. The first-order chi connectivity index (χ1) is 9.33. The Morgan fingerprint density at radius 3 is 2.35 bits per heavy atom. The molecule has 1 atom stereocenters. The fourth-order valence-electron chi connectivity index (χ4n) is 1.93. The van der Waals surface area contributed by atoms with Gasteiger partial charge in [0.1, 0.15) is 0 Å². The highest BCUT2D eigenvalue weighted by atomic mass is 32.1. The van der Waals surface area contributed by atoms with E-state index in [1.54, 1.807) is 30.3 Å². The summed E-state index contributed by atoms with van der Waals surface area (Å²) in [5.41, 5.74) is 6.41. The summed E-state index contributed by atoms with van der Waals surface area (Å²) in [6.07, 6.45) is -4.33. The predicted molar refractivity (Wildman–Crippen MR) is 75.5 cm³/mol. The maximum absolute atomic E-state index is 12.5. The number of hydrogen-bond donors (Lipinski definition) is 2. The van der Waals surface area contributed by atoms with Crippen molar-refractivity contribution in [3.05, 3.63) is 35.9 Å². The van der Waals surface area contributed by atoms with Crippen LogP contribution < -0.4 is 5.73 Å². The molecule has 1 rings (SSSR count). The second kappa shape index (κ2) is 7.56. The van der Waals surface area contributed by atoms with Gasteiger partial charge in [-0.1, -0.05) is 42.5 Å². The molecule has 0 amide bonds. The summed E-state index contributed by atoms with van der Waals surface area (Å²) in [6.45, 7) is -1.50. The SMILES string of the molecule is NC(=S)C(CN(CCO)CC(F)(F)F)c1ccccc1. The zero-order valence-corrected chi connectivity index (χ0v) is 11.6. The molecule has 7 heteroatoms. The zero-order chi connectivity index (χ0) is 15.2. The lowest BCUT2D eigenvalue weighted by Gasteiger charge is -2.27. The van der Waals surface area contributed by atoms with Gasteiger partial charge in [-0.05, 0) is 5.56 Å². The van der Waals surface area contributed by atoms with Gasteiger partial charge in [0.2, 0.25) is 0 Å². The van der Waals surface area contributed by atoms with Crippen molar-refractivity contribution in [3.63, 3.8) is 0 Å². The first kappa shape index (κ1) is 16.9. The lowest BCUT2D eigenvalue weighted by atomic mass is 9.98. The minimum atomic E-state index is -4.33. The third-order valence-electron chi connectivity index (χ3n) is 2.81. The summed E-state index contributed by atoms with van der Waals surface area (Å²) in [5, 5.41) is 8.88. The van der Waals surface area contributed by atoms with Crippen molar-refractivity contribution in [2.24, 2.45) is 5.73 Å². The largest absolute Gasteiger partial charge is 0.401 e. The molecule has 1 aromatic carbocycles. The van der Waals surface area contributed by atoms with Gasteiger partial charge in [-0.15, -0.1) is 0 Å². The third-order valence-corrected chi connectivity index (χ3v) is 3.09. The second-order valence-electron chi connectivity index (χ2n) is 4.44. The van der Waals surface area contributed by atoms with Crippen molar-refractivity contribution < 1.29 is 18.3 Å². The molecule has 0 saturated heterocycles. The molecule has 0 aliphatic heterocycles. The van der Waals surface area contributed by atoms with E-state index in [0.717, 1.165) is 10.5 Å². The summed E-state index contributed by atoms with van der Waals surface area (Å²) >= 11 is 4.95. The van der Waals surface area contributed by atoms with Crippen LogP contribution >= 0.6 is 12.2 Å². The van der Waals surface area contributed by atoms with E-state index in [4.69, 9.17) is 23.1 Å². The quantitative estimate of drug-likeness (QED) is 0.756. The van der Waals surface area contributed by atoms with E-state index in [9.17, 15) is 13.2 Å². The van der Waals surface area contributed by atoms with Gasteiger partial charge in [0.15, 0.2) is 0 Å². The average molecular weight is 306 g/mol. The van der Waals surface area contributed by atoms with Crippen LogP contribution in [-0.2, 0) is 0 Å². The zero-order valence-electron chi connectivity index (χ0n) is 10.8. The van der Waals surface area contributed by atoms with E-state index in [0.29, 0.717) is 0 Å². The number of aliphatic hydroxyl groups is 1. The predicted octanol–water partition coefficient (Wildman–Crippen LogP) is 1.91. The molecule has 0 radical (unpaired) electrons. The molecular formula is C13H17F3N2OS. The first-order valence-corrected chi connectivity index (χ1v) is 6.48. The minimum Gasteiger partial charge on any atom is -0.395 e. The maximum Gasteiger partial charge on any atom is 0.401 e. The van der Waals surface area contributed by atoms with Gasteiger partial charge < -0.3 is 10.8 Å². The third kappa shape index (κ3) is 5.85. The van der Waals surface area contributed by atoms with Crippen molar-refractivity contribution in [3.8, 4) is 0 Å². The Labute approximate surface area is 121 Å². The van der Waals surface area contributed by atoms with Gasteiger partial charge in [0.05, 0.1) is 18.1 Å². The monoisotopic (exact) mass is 306 g/mol. The number of halogens is 3. The Morgan fingerprint density at radius 1 is 1.30 bits per heavy atom. The number of benzene rings is 1. The van der Waals surface area contributed by atoms with Crippen molar-refractivity contribution in [1.29, 1.82) is 0 Å². The molecule has 0 aromatic heterocycles. The molecule has 0 heterocycles. The number of aliphatic hydroxyl groups excluding tert-OH is 1. The number of thiocarbonyl (C=S) groups is 1. The molecular weight excluding hydrogens is 289 g/mol. The Balaban J connectivity index is 2.84. The molecule has 3 N–H and O–H groups in total. The van der Waals surface area contributed by atoms with Crippen LogP contribution in [0.4, 0.5) is 13.2 Å². The highest BCUT2D eigenvalue weighted by Gasteiger charge is 2.32. The summed E-state index contributed by atoms with van der Waals surface area (Å²) < 4.78 is 37.5. The van der Waals surface area contributed by atoms with Crippen molar-refractivity contribution in [1.82, 2.24) is 4.90 Å². The number of alkyl halides is 3. The van der Waals surface area contributed by atoms with Gasteiger partial charge in [-0.2, -0.15) is 13.2 Å². The van der Waals surface area contributed by atoms with Crippen LogP contribution in [0, 0.1) is 0 Å². The molecule has 0 bridgehead atoms. The Bertz CT molecular complexity index is 425. The van der Waals surface area contributed by atoms with Crippen LogP contribution in [0.25, 0.3) is 0 Å². The van der Waals surface area contributed by atoms with E-state index < -0.39 is 18.6 Å². The molecule has 1 unspecified atom stereocenters. The first-order valence-electron chi connectivity index (χ1n) is 6.07. The molecule has 1 aromatic rings. The van der Waals surface area contributed by atoms with Gasteiger partial charge in [-0.3, -0.25) is 4.90 Å². The van der Waals surface area contributed by atoms with Crippen molar-refractivity contribution in [2.45, 2.75) is 12.1 Å². The normalized spacial score (nSPS) is 13.4. The van der Waals surface area contributed by atoms with E-state index in [2.05, 4.69) is 0 Å². The lowest BCUT2D eigenvalue weighted by Crippen LogP contribution is -2.41. The molecule has 0 fully saturated rings. The molecule has 0 spiro atoms. The Hall–Kier alpha value is -1.18. The van der Waals surface area contributed by atoms with Crippen LogP contribution in [0.2, 0.25) is 0 Å². The fraction of sp³-hybridized carbons (Fsp3) is 0.462. The molecule has 0 aliphatic rings. The van der Waals surface area contributed by atoms with Crippen LogP contribution in [0.1, 0.15) is 11.5 Å². The van der Waals surface area contributed by atoms with Crippen LogP contribution in [0.15, 0.2) is 30.3 Å². The van der Waals surface area contributed by atoms with Crippen molar-refractivity contribution >= 4 is 17.2 Å². The molecule has 0 aliphatic carbocycles. The number of hydrogen-bond acceptors (Lipinski definition) is 3. The van der Waals surface area contributed by atoms with Crippen LogP contribution in [0.3, 0.4) is 0 Å². The fourth-order valence-corrected chi connectivity index (χ4v) is 2.14. The Kier molecular flexibility index (Phi) is 6.38. The molecule has 20 heavy (non-hydrogen) atoms. The summed E-state index contributed by atoms with van der Waals surface area (Å²) in [7, 11) is 0. The number of rotatable bonds is 7. The average Bonchev–Trinajstić information content (AvgIpc) is 2.35. The van der Waals surface area contributed by atoms with Gasteiger partial charge in [-0.25, -0.2) is 0 Å². The minimum absolute atomic E-state index is 0.0272. The molecule has 3 nitrogen and oxygen atoms in total. The standard InChI is InChI=1S/C13H17F3N2OS/c14-13(15,16)9-18(6-7-19)8-11(12(17)20)10-4-2-1-3-5-10/h1-5,11,19H,6-9H2,(H2,17,20). The molecule has 0 saturated carbocycles. The lowest BCUT2D eigenvalue weighted by molar-refractivity contribution is -0.146. The summed E-state index contributed by atoms with van der Waals surface area (Å²) in [5.74, 6) is -0.472. The van der Waals surface area contributed by atoms with Crippen LogP contribution in [0.5, 0.6) is 0 Å². The molecule has 112 valence electrons. The second-order valence-corrected chi connectivity index (χ2v) is 4.91. The van der Waals surface area contributed by atoms with E-state index >= 15 is 0 Å². The van der Waals surface area contributed by atoms with Gasteiger partial charge >= 0.3 is 6.18 Å². The topological polar surface area (TPSA) is 49.5 Å². The highest BCUT2D eigenvalue weighted by molar-refractivity contribution is 7.80. The van der Waals surface area contributed by atoms with E-state index in [1.165, 1.54) is 0 Å². The summed E-state index contributed by atoms with van der Waals surface area (Å²) in [4.78, 5) is 1.25. The highest BCUT2D eigenvalue weighted by Crippen LogP contribution is 2.21. The number of nitrogens with zero attached hydrogens (tertiary/aromatic N) is 1.